The first kappa shape index (κ1) is 9.85. The van der Waals surface area contributed by atoms with Crippen LogP contribution in [-0.2, 0) is 6.42 Å². The molecule has 0 atom stereocenters. The molecule has 0 saturated heterocycles. The molecule has 1 aromatic carbocycles. The average Bonchev–Trinajstić information content (AvgIpc) is 2.07. The minimum atomic E-state index is 0.389. The number of phenolic OH excluding ortho intramolecular Hbond substituents is 1. The van der Waals surface area contributed by atoms with Crippen LogP contribution in [0.2, 0.25) is 0 Å². The Balaban J connectivity index is 2.80. The third-order valence-electron chi connectivity index (χ3n) is 2.02. The molecular formula is C12H16O. The quantitative estimate of drug-likeness (QED) is 0.686. The maximum absolute atomic E-state index is 9.44. The van der Waals surface area contributed by atoms with Crippen molar-refractivity contribution < 1.29 is 5.11 Å². The number of aryl methyl sites for hydroxylation is 1. The molecule has 0 heterocycles. The fourth-order valence-corrected chi connectivity index (χ4v) is 1.10. The fraction of sp³-hybridized carbons (Fsp3) is 0.333. The summed E-state index contributed by atoms with van der Waals surface area (Å²) in [5, 5.41) is 9.44. The van der Waals surface area contributed by atoms with Gasteiger partial charge in [-0.25, -0.2) is 0 Å². The molecule has 1 heteroatoms. The monoisotopic (exact) mass is 176 g/mol. The van der Waals surface area contributed by atoms with Crippen molar-refractivity contribution in [2.24, 2.45) is 0 Å². The van der Waals surface area contributed by atoms with Crippen LogP contribution in [0.3, 0.4) is 0 Å². The first-order valence-electron chi connectivity index (χ1n) is 4.51. The topological polar surface area (TPSA) is 20.2 Å². The minimum absolute atomic E-state index is 0.389. The van der Waals surface area contributed by atoms with E-state index in [0.717, 1.165) is 17.5 Å². The Morgan fingerprint density at radius 1 is 1.38 bits per heavy atom. The van der Waals surface area contributed by atoms with Crippen molar-refractivity contribution in [2.45, 2.75) is 27.2 Å². The lowest BCUT2D eigenvalue weighted by atomic mass is 10.1. The van der Waals surface area contributed by atoms with Gasteiger partial charge in [0.25, 0.3) is 0 Å². The molecule has 1 N–H and O–H groups in total. The van der Waals surface area contributed by atoms with Gasteiger partial charge in [-0.3, -0.25) is 0 Å². The standard InChI is InChI=1S/C12H16O/c1-9(2)4-6-11-7-5-10(3)12(13)8-11/h4-5,7-8,13H,6H2,1-3H3. The summed E-state index contributed by atoms with van der Waals surface area (Å²) in [5.74, 6) is 0.389. The molecule has 0 spiro atoms. The van der Waals surface area contributed by atoms with Gasteiger partial charge in [-0.15, -0.1) is 0 Å². The van der Waals surface area contributed by atoms with E-state index in [4.69, 9.17) is 0 Å². The molecule has 1 rings (SSSR count). The molecule has 0 aliphatic rings. The molecule has 0 saturated carbocycles. The smallest absolute Gasteiger partial charge is 0.118 e. The summed E-state index contributed by atoms with van der Waals surface area (Å²) >= 11 is 0. The number of hydrogen-bond donors (Lipinski definition) is 1. The Bertz CT molecular complexity index is 320. The lowest BCUT2D eigenvalue weighted by Crippen LogP contribution is -1.83. The van der Waals surface area contributed by atoms with E-state index in [0.29, 0.717) is 5.75 Å². The van der Waals surface area contributed by atoms with Crippen molar-refractivity contribution in [1.29, 1.82) is 0 Å². The van der Waals surface area contributed by atoms with Crippen LogP contribution in [0.4, 0.5) is 0 Å². The highest BCUT2D eigenvalue weighted by Gasteiger charge is 1.96. The Labute approximate surface area is 79.7 Å². The van der Waals surface area contributed by atoms with E-state index in [9.17, 15) is 5.11 Å². The van der Waals surface area contributed by atoms with Gasteiger partial charge >= 0.3 is 0 Å². The number of aromatic hydroxyl groups is 1. The normalized spacial score (nSPS) is 9.77. The van der Waals surface area contributed by atoms with Crippen molar-refractivity contribution in [2.75, 3.05) is 0 Å². The third-order valence-corrected chi connectivity index (χ3v) is 2.02. The highest BCUT2D eigenvalue weighted by atomic mass is 16.3. The number of phenols is 1. The highest BCUT2D eigenvalue weighted by molar-refractivity contribution is 5.36. The van der Waals surface area contributed by atoms with Gasteiger partial charge in [-0.05, 0) is 44.4 Å². The zero-order valence-corrected chi connectivity index (χ0v) is 8.46. The predicted molar refractivity (Wildman–Crippen MR) is 56.0 cm³/mol. The van der Waals surface area contributed by atoms with Crippen LogP contribution in [0.25, 0.3) is 0 Å². The molecule has 1 aromatic rings. The number of hydrogen-bond acceptors (Lipinski definition) is 1. The first-order valence-corrected chi connectivity index (χ1v) is 4.51. The molecule has 0 bridgehead atoms. The van der Waals surface area contributed by atoms with Crippen LogP contribution >= 0.6 is 0 Å². The average molecular weight is 176 g/mol. The number of benzene rings is 1. The largest absolute Gasteiger partial charge is 0.508 e. The van der Waals surface area contributed by atoms with Crippen LogP contribution in [0.1, 0.15) is 25.0 Å². The minimum Gasteiger partial charge on any atom is -0.508 e. The van der Waals surface area contributed by atoms with E-state index >= 15 is 0 Å². The second kappa shape index (κ2) is 4.13. The molecule has 0 radical (unpaired) electrons. The fourth-order valence-electron chi connectivity index (χ4n) is 1.10. The second-order valence-corrected chi connectivity index (χ2v) is 3.61. The molecular weight excluding hydrogens is 160 g/mol. The van der Waals surface area contributed by atoms with Gasteiger partial charge in [-0.2, -0.15) is 0 Å². The summed E-state index contributed by atoms with van der Waals surface area (Å²) in [6.07, 6.45) is 3.06. The zero-order chi connectivity index (χ0) is 9.84. The van der Waals surface area contributed by atoms with Crippen LogP contribution < -0.4 is 0 Å². The summed E-state index contributed by atoms with van der Waals surface area (Å²) < 4.78 is 0. The second-order valence-electron chi connectivity index (χ2n) is 3.61. The Morgan fingerprint density at radius 2 is 2.08 bits per heavy atom. The predicted octanol–water partition coefficient (Wildman–Crippen LogP) is 3.21. The number of rotatable bonds is 2. The lowest BCUT2D eigenvalue weighted by molar-refractivity contribution is 0.470. The Morgan fingerprint density at radius 3 is 2.62 bits per heavy atom. The van der Waals surface area contributed by atoms with Gasteiger partial charge in [0, 0.05) is 0 Å². The first-order chi connectivity index (χ1) is 6.09. The third kappa shape index (κ3) is 2.94. The van der Waals surface area contributed by atoms with Gasteiger partial charge in [-0.1, -0.05) is 23.8 Å². The van der Waals surface area contributed by atoms with Crippen molar-refractivity contribution in [3.63, 3.8) is 0 Å². The van der Waals surface area contributed by atoms with E-state index in [1.54, 1.807) is 0 Å². The molecule has 1 nitrogen and oxygen atoms in total. The van der Waals surface area contributed by atoms with Crippen LogP contribution in [-0.4, -0.2) is 5.11 Å². The van der Waals surface area contributed by atoms with Gasteiger partial charge in [0.05, 0.1) is 0 Å². The lowest BCUT2D eigenvalue weighted by Gasteiger charge is -2.01. The Kier molecular flexibility index (Phi) is 3.13. The van der Waals surface area contributed by atoms with E-state index in [2.05, 4.69) is 26.0 Å². The van der Waals surface area contributed by atoms with Gasteiger partial charge in [0.15, 0.2) is 0 Å². The Hall–Kier alpha value is -1.24. The maximum atomic E-state index is 9.44. The number of allylic oxidation sites excluding steroid dienone is 2. The zero-order valence-electron chi connectivity index (χ0n) is 8.46. The van der Waals surface area contributed by atoms with Crippen LogP contribution in [0.15, 0.2) is 29.8 Å². The molecule has 0 aliphatic carbocycles. The maximum Gasteiger partial charge on any atom is 0.118 e. The molecule has 0 aliphatic heterocycles. The van der Waals surface area contributed by atoms with E-state index in [1.165, 1.54) is 5.57 Å². The molecule has 0 fully saturated rings. The van der Waals surface area contributed by atoms with Gasteiger partial charge in [0.1, 0.15) is 5.75 Å². The molecule has 0 amide bonds. The summed E-state index contributed by atoms with van der Waals surface area (Å²) in [5.41, 5.74) is 3.39. The van der Waals surface area contributed by atoms with Gasteiger partial charge < -0.3 is 5.11 Å². The van der Waals surface area contributed by atoms with E-state index in [1.807, 2.05) is 19.1 Å². The van der Waals surface area contributed by atoms with E-state index in [-0.39, 0.29) is 0 Å². The van der Waals surface area contributed by atoms with Crippen molar-refractivity contribution in [1.82, 2.24) is 0 Å². The van der Waals surface area contributed by atoms with E-state index < -0.39 is 0 Å². The highest BCUT2D eigenvalue weighted by Crippen LogP contribution is 2.18. The molecule has 13 heavy (non-hydrogen) atoms. The van der Waals surface area contributed by atoms with Crippen LogP contribution in [0.5, 0.6) is 5.75 Å². The molecule has 0 aromatic heterocycles. The summed E-state index contributed by atoms with van der Waals surface area (Å²) in [4.78, 5) is 0. The summed E-state index contributed by atoms with van der Waals surface area (Å²) in [6, 6.07) is 5.83. The SMILES string of the molecule is CC(C)=CCc1ccc(C)c(O)c1. The summed E-state index contributed by atoms with van der Waals surface area (Å²) in [7, 11) is 0. The summed E-state index contributed by atoms with van der Waals surface area (Å²) in [6.45, 7) is 6.06. The molecule has 70 valence electrons. The van der Waals surface area contributed by atoms with Crippen LogP contribution in [0, 0.1) is 6.92 Å². The van der Waals surface area contributed by atoms with Crippen molar-refractivity contribution >= 4 is 0 Å². The van der Waals surface area contributed by atoms with Crippen molar-refractivity contribution in [3.05, 3.63) is 41.0 Å². The van der Waals surface area contributed by atoms with Crippen molar-refractivity contribution in [3.8, 4) is 5.75 Å². The molecule has 0 unspecified atom stereocenters. The van der Waals surface area contributed by atoms with Gasteiger partial charge in [0.2, 0.25) is 0 Å².